The molecule has 0 aromatic heterocycles. The lowest BCUT2D eigenvalue weighted by Gasteiger charge is -2.23. The van der Waals surface area contributed by atoms with Crippen molar-refractivity contribution in [3.05, 3.63) is 87.9 Å². The molecule has 11 heteroatoms. The number of alkyl halides is 3. The van der Waals surface area contributed by atoms with Gasteiger partial charge < -0.3 is 9.64 Å². The van der Waals surface area contributed by atoms with Crippen LogP contribution in [-0.4, -0.2) is 34.0 Å². The molecule has 0 saturated carbocycles. The lowest BCUT2D eigenvalue weighted by Crippen LogP contribution is -2.35. The maximum Gasteiger partial charge on any atom is 0.416 e. The quantitative estimate of drug-likeness (QED) is 0.365. The molecule has 0 saturated heterocycles. The summed E-state index contributed by atoms with van der Waals surface area (Å²) in [6.45, 7) is 0.355. The van der Waals surface area contributed by atoms with E-state index in [1.54, 1.807) is 32.3 Å². The fraction of sp³-hybridized carbons (Fsp3) is 0.217. The third-order valence-corrected chi connectivity index (χ3v) is 6.95. The van der Waals surface area contributed by atoms with Gasteiger partial charge in [-0.15, -0.1) is 0 Å². The summed E-state index contributed by atoms with van der Waals surface area (Å²) < 4.78 is 72.8. The molecule has 0 spiro atoms. The van der Waals surface area contributed by atoms with Crippen molar-refractivity contribution in [2.75, 3.05) is 20.6 Å². The van der Waals surface area contributed by atoms with Gasteiger partial charge in [-0.05, 0) is 74.3 Å². The Hall–Kier alpha value is -2.30. The van der Waals surface area contributed by atoms with Gasteiger partial charge in [0, 0.05) is 6.54 Å². The molecular formula is C23H21Cl2F3N2O3S. The fourth-order valence-electron chi connectivity index (χ4n) is 3.12. The highest BCUT2D eigenvalue weighted by Gasteiger charge is 2.30. The molecule has 34 heavy (non-hydrogen) atoms. The number of benzene rings is 3. The summed E-state index contributed by atoms with van der Waals surface area (Å²) in [7, 11) is -0.340. The molecule has 5 nitrogen and oxygen atoms in total. The summed E-state index contributed by atoms with van der Waals surface area (Å²) in [5.74, 6) is 0.168. The van der Waals surface area contributed by atoms with E-state index in [0.717, 1.165) is 12.1 Å². The van der Waals surface area contributed by atoms with Crippen molar-refractivity contribution in [3.63, 3.8) is 0 Å². The van der Waals surface area contributed by atoms with Gasteiger partial charge in [0.05, 0.1) is 26.5 Å². The molecule has 3 aromatic rings. The van der Waals surface area contributed by atoms with Crippen LogP contribution in [0.15, 0.2) is 71.6 Å². The minimum absolute atomic E-state index is 0.0192. The second kappa shape index (κ2) is 10.5. The average Bonchev–Trinajstić information content (AvgIpc) is 2.75. The number of likely N-dealkylation sites (N-methyl/N-ethyl adjacent to an activating group) is 1. The first kappa shape index (κ1) is 26.3. The standard InChI is InChI=1S/C23H21Cl2F3N2O3S/c1-30(2)14-22(15-6-11-20(24)21(25)12-15)29-34(31,32)19-9-7-17(8-10-19)33-18-5-3-4-16(13-18)23(26,27)28/h3-13,22,29H,14H2,1-2H3/t22-/m0/s1. The number of nitrogens with zero attached hydrogens (tertiary/aromatic N) is 1. The predicted molar refractivity (Wildman–Crippen MR) is 126 cm³/mol. The third-order valence-electron chi connectivity index (χ3n) is 4.72. The van der Waals surface area contributed by atoms with E-state index in [4.69, 9.17) is 27.9 Å². The second-order valence-electron chi connectivity index (χ2n) is 7.71. The highest BCUT2D eigenvalue weighted by molar-refractivity contribution is 7.89. The molecule has 1 N–H and O–H groups in total. The van der Waals surface area contributed by atoms with E-state index in [-0.39, 0.29) is 16.4 Å². The van der Waals surface area contributed by atoms with E-state index < -0.39 is 27.8 Å². The Morgan fingerprint density at radius 3 is 2.21 bits per heavy atom. The fourth-order valence-corrected chi connectivity index (χ4v) is 4.64. The zero-order valence-corrected chi connectivity index (χ0v) is 20.4. The number of hydrogen-bond acceptors (Lipinski definition) is 4. The molecule has 182 valence electrons. The maximum absolute atomic E-state index is 13.0. The smallest absolute Gasteiger partial charge is 0.416 e. The van der Waals surface area contributed by atoms with Crippen molar-refractivity contribution in [3.8, 4) is 11.5 Å². The molecule has 0 aliphatic heterocycles. The van der Waals surface area contributed by atoms with Gasteiger partial charge in [-0.2, -0.15) is 13.2 Å². The van der Waals surface area contributed by atoms with E-state index >= 15 is 0 Å². The minimum atomic E-state index is -4.50. The molecule has 0 fully saturated rings. The molecule has 0 unspecified atom stereocenters. The van der Waals surface area contributed by atoms with Crippen LogP contribution in [0.3, 0.4) is 0 Å². The van der Waals surface area contributed by atoms with Gasteiger partial charge in [0.2, 0.25) is 10.0 Å². The molecule has 3 aromatic carbocycles. The first-order valence-corrected chi connectivity index (χ1v) is 12.2. The Morgan fingerprint density at radius 1 is 0.941 bits per heavy atom. The molecule has 0 aliphatic rings. The third kappa shape index (κ3) is 6.86. The van der Waals surface area contributed by atoms with Gasteiger partial charge in [0.25, 0.3) is 0 Å². The van der Waals surface area contributed by atoms with Gasteiger partial charge >= 0.3 is 6.18 Å². The molecule has 0 amide bonds. The van der Waals surface area contributed by atoms with Crippen molar-refractivity contribution in [2.45, 2.75) is 17.1 Å². The molecule has 0 heterocycles. The van der Waals surface area contributed by atoms with E-state index in [9.17, 15) is 21.6 Å². The highest BCUT2D eigenvalue weighted by Crippen LogP contribution is 2.33. The Morgan fingerprint density at radius 2 is 1.62 bits per heavy atom. The van der Waals surface area contributed by atoms with E-state index in [2.05, 4.69) is 4.72 Å². The van der Waals surface area contributed by atoms with Crippen molar-refractivity contribution in [2.24, 2.45) is 0 Å². The number of halogens is 5. The summed E-state index contributed by atoms with van der Waals surface area (Å²) in [6, 6.07) is 14.1. The second-order valence-corrected chi connectivity index (χ2v) is 10.2. The van der Waals surface area contributed by atoms with Crippen LogP contribution in [0.1, 0.15) is 17.2 Å². The number of rotatable bonds is 8. The van der Waals surface area contributed by atoms with Gasteiger partial charge in [-0.25, -0.2) is 13.1 Å². The van der Waals surface area contributed by atoms with E-state index in [0.29, 0.717) is 22.2 Å². The number of nitrogens with one attached hydrogen (secondary N) is 1. The van der Waals surface area contributed by atoms with Crippen LogP contribution in [0.5, 0.6) is 11.5 Å². The highest BCUT2D eigenvalue weighted by atomic mass is 35.5. The monoisotopic (exact) mass is 532 g/mol. The van der Waals surface area contributed by atoms with Crippen LogP contribution in [-0.2, 0) is 16.2 Å². The van der Waals surface area contributed by atoms with Crippen molar-refractivity contribution in [1.29, 1.82) is 0 Å². The molecular weight excluding hydrogens is 512 g/mol. The van der Waals surface area contributed by atoms with Crippen LogP contribution < -0.4 is 9.46 Å². The number of sulfonamides is 1. The Labute approximate surface area is 206 Å². The predicted octanol–water partition coefficient (Wildman–Crippen LogP) is 6.39. The van der Waals surface area contributed by atoms with E-state index in [1.165, 1.54) is 36.4 Å². The molecule has 0 bridgehead atoms. The van der Waals surface area contributed by atoms with Crippen LogP contribution in [0.4, 0.5) is 13.2 Å². The van der Waals surface area contributed by atoms with Crippen LogP contribution >= 0.6 is 23.2 Å². The summed E-state index contributed by atoms with van der Waals surface area (Å²) in [4.78, 5) is 1.79. The largest absolute Gasteiger partial charge is 0.457 e. The van der Waals surface area contributed by atoms with Crippen molar-refractivity contribution >= 4 is 33.2 Å². The minimum Gasteiger partial charge on any atom is -0.457 e. The van der Waals surface area contributed by atoms with Crippen molar-refractivity contribution in [1.82, 2.24) is 9.62 Å². The van der Waals surface area contributed by atoms with Gasteiger partial charge in [0.15, 0.2) is 0 Å². The normalized spacial score (nSPS) is 13.2. The zero-order valence-electron chi connectivity index (χ0n) is 18.1. The van der Waals surface area contributed by atoms with Crippen LogP contribution in [0.25, 0.3) is 0 Å². The lowest BCUT2D eigenvalue weighted by atomic mass is 10.1. The van der Waals surface area contributed by atoms with Gasteiger partial charge in [-0.1, -0.05) is 35.3 Å². The topological polar surface area (TPSA) is 58.6 Å². The Balaban J connectivity index is 1.79. The summed E-state index contributed by atoms with van der Waals surface area (Å²) in [5.41, 5.74) is -0.209. The van der Waals surface area contributed by atoms with Gasteiger partial charge in [-0.3, -0.25) is 0 Å². The van der Waals surface area contributed by atoms with Crippen molar-refractivity contribution < 1.29 is 26.3 Å². The summed E-state index contributed by atoms with van der Waals surface area (Å²) in [6.07, 6.45) is -4.50. The Kier molecular flexibility index (Phi) is 8.15. The molecule has 0 radical (unpaired) electrons. The van der Waals surface area contributed by atoms with Crippen LogP contribution in [0.2, 0.25) is 10.0 Å². The molecule has 3 rings (SSSR count). The number of hydrogen-bond donors (Lipinski definition) is 1. The lowest BCUT2D eigenvalue weighted by molar-refractivity contribution is -0.137. The molecule has 0 aliphatic carbocycles. The first-order valence-electron chi connectivity index (χ1n) is 9.92. The summed E-state index contributed by atoms with van der Waals surface area (Å²) in [5, 5.41) is 0.659. The molecule has 1 atom stereocenters. The number of ether oxygens (including phenoxy) is 1. The Bertz CT molecular complexity index is 1250. The van der Waals surface area contributed by atoms with Crippen LogP contribution in [0, 0.1) is 0 Å². The first-order chi connectivity index (χ1) is 15.8. The van der Waals surface area contributed by atoms with Gasteiger partial charge in [0.1, 0.15) is 11.5 Å². The maximum atomic E-state index is 13.0. The van der Waals surface area contributed by atoms with E-state index in [1.807, 2.05) is 4.90 Å². The summed E-state index contributed by atoms with van der Waals surface area (Å²) >= 11 is 12.1. The average molecular weight is 533 g/mol. The SMILES string of the molecule is CN(C)C[C@H](NS(=O)(=O)c1ccc(Oc2cccc(C(F)(F)F)c2)cc1)c1ccc(Cl)c(Cl)c1. The zero-order chi connectivity index (χ0) is 25.1.